The first-order chi connectivity index (χ1) is 11.3. The maximum Gasteiger partial charge on any atom is 0.224 e. The van der Waals surface area contributed by atoms with Gasteiger partial charge in [0.05, 0.1) is 0 Å². The van der Waals surface area contributed by atoms with Gasteiger partial charge in [-0.25, -0.2) is 4.98 Å². The maximum absolute atomic E-state index is 5.07. The molecule has 23 heavy (non-hydrogen) atoms. The van der Waals surface area contributed by atoms with Crippen LogP contribution in [0.1, 0.15) is 23.2 Å². The molecule has 1 N–H and O–H groups in total. The number of benzene rings is 1. The van der Waals surface area contributed by atoms with Crippen molar-refractivity contribution >= 4 is 11.8 Å². The molecule has 0 amide bonds. The highest BCUT2D eigenvalue weighted by molar-refractivity contribution is 5.48. The van der Waals surface area contributed by atoms with Crippen LogP contribution in [-0.2, 0) is 17.7 Å². The Balaban J connectivity index is 1.71. The van der Waals surface area contributed by atoms with Gasteiger partial charge in [-0.15, -0.1) is 0 Å². The SMILES string of the molecule is COCCCNc1nc(C)cc(N2CCc3ccccc3C2)n1. The topological polar surface area (TPSA) is 50.3 Å². The molecule has 0 bridgehead atoms. The number of aromatic nitrogens is 2. The van der Waals surface area contributed by atoms with Gasteiger partial charge < -0.3 is 15.0 Å². The second-order valence-corrected chi connectivity index (χ2v) is 5.90. The summed E-state index contributed by atoms with van der Waals surface area (Å²) in [7, 11) is 1.72. The lowest BCUT2D eigenvalue weighted by molar-refractivity contribution is 0.197. The van der Waals surface area contributed by atoms with Crippen molar-refractivity contribution in [3.63, 3.8) is 0 Å². The fourth-order valence-electron chi connectivity index (χ4n) is 2.90. The van der Waals surface area contributed by atoms with Crippen molar-refractivity contribution in [1.29, 1.82) is 0 Å². The van der Waals surface area contributed by atoms with Crippen LogP contribution in [0.3, 0.4) is 0 Å². The molecule has 5 nitrogen and oxygen atoms in total. The lowest BCUT2D eigenvalue weighted by Gasteiger charge is -2.30. The Hall–Kier alpha value is -2.14. The number of hydrogen-bond acceptors (Lipinski definition) is 5. The molecular weight excluding hydrogens is 288 g/mol. The molecule has 1 aromatic heterocycles. The number of anilines is 2. The minimum absolute atomic E-state index is 0.704. The standard InChI is InChI=1S/C18H24N4O/c1-14-12-17(21-18(20-14)19-9-5-11-23-2)22-10-8-15-6-3-4-7-16(15)13-22/h3-4,6-7,12H,5,8-11,13H2,1-2H3,(H,19,20,21). The van der Waals surface area contributed by atoms with Crippen molar-refractivity contribution in [2.24, 2.45) is 0 Å². The van der Waals surface area contributed by atoms with Gasteiger partial charge in [-0.05, 0) is 30.9 Å². The Bertz CT molecular complexity index is 659. The summed E-state index contributed by atoms with van der Waals surface area (Å²) in [4.78, 5) is 11.5. The average molecular weight is 312 g/mol. The lowest BCUT2D eigenvalue weighted by Crippen LogP contribution is -2.31. The van der Waals surface area contributed by atoms with Crippen molar-refractivity contribution < 1.29 is 4.74 Å². The highest BCUT2D eigenvalue weighted by Gasteiger charge is 2.18. The van der Waals surface area contributed by atoms with Gasteiger partial charge in [0.2, 0.25) is 5.95 Å². The average Bonchev–Trinajstić information content (AvgIpc) is 2.58. The Kier molecular flexibility index (Phi) is 5.08. The van der Waals surface area contributed by atoms with Gasteiger partial charge in [0.15, 0.2) is 0 Å². The molecule has 5 heteroatoms. The smallest absolute Gasteiger partial charge is 0.224 e. The fourth-order valence-corrected chi connectivity index (χ4v) is 2.90. The van der Waals surface area contributed by atoms with Crippen molar-refractivity contribution in [3.8, 4) is 0 Å². The van der Waals surface area contributed by atoms with Crippen LogP contribution < -0.4 is 10.2 Å². The molecule has 3 rings (SSSR count). The van der Waals surface area contributed by atoms with Gasteiger partial charge in [-0.3, -0.25) is 0 Å². The third-order valence-electron chi connectivity index (χ3n) is 4.10. The van der Waals surface area contributed by atoms with Gasteiger partial charge in [-0.2, -0.15) is 4.98 Å². The molecule has 1 aromatic carbocycles. The number of methoxy groups -OCH3 is 1. The summed E-state index contributed by atoms with van der Waals surface area (Å²) in [6.45, 7) is 5.49. The summed E-state index contributed by atoms with van der Waals surface area (Å²) in [6.07, 6.45) is 2.01. The van der Waals surface area contributed by atoms with Gasteiger partial charge in [0.25, 0.3) is 0 Å². The second kappa shape index (κ2) is 7.42. The van der Waals surface area contributed by atoms with E-state index in [-0.39, 0.29) is 0 Å². The summed E-state index contributed by atoms with van der Waals surface area (Å²) in [5.41, 5.74) is 3.83. The van der Waals surface area contributed by atoms with E-state index in [1.54, 1.807) is 7.11 Å². The zero-order valence-electron chi connectivity index (χ0n) is 13.9. The zero-order chi connectivity index (χ0) is 16.1. The first-order valence-electron chi connectivity index (χ1n) is 8.16. The number of nitrogens with zero attached hydrogens (tertiary/aromatic N) is 3. The molecule has 122 valence electrons. The highest BCUT2D eigenvalue weighted by Crippen LogP contribution is 2.24. The van der Waals surface area contributed by atoms with Gasteiger partial charge in [-0.1, -0.05) is 24.3 Å². The van der Waals surface area contributed by atoms with E-state index >= 15 is 0 Å². The molecule has 2 heterocycles. The number of rotatable bonds is 6. The van der Waals surface area contributed by atoms with E-state index in [0.717, 1.165) is 50.6 Å². The number of aryl methyl sites for hydroxylation is 1. The van der Waals surface area contributed by atoms with Crippen molar-refractivity contribution in [2.75, 3.05) is 37.0 Å². The van der Waals surface area contributed by atoms with E-state index in [1.807, 2.05) is 6.92 Å². The Labute approximate surface area is 137 Å². The number of ether oxygens (including phenoxy) is 1. The summed E-state index contributed by atoms with van der Waals surface area (Å²) < 4.78 is 5.07. The molecule has 0 radical (unpaired) electrons. The molecule has 0 saturated carbocycles. The van der Waals surface area contributed by atoms with Crippen molar-refractivity contribution in [2.45, 2.75) is 26.3 Å². The minimum atomic E-state index is 0.704. The van der Waals surface area contributed by atoms with Crippen LogP contribution in [0.25, 0.3) is 0 Å². The first kappa shape index (κ1) is 15.7. The van der Waals surface area contributed by atoms with Crippen LogP contribution >= 0.6 is 0 Å². The predicted molar refractivity (Wildman–Crippen MR) is 92.9 cm³/mol. The molecular formula is C18H24N4O. The zero-order valence-corrected chi connectivity index (χ0v) is 13.9. The van der Waals surface area contributed by atoms with E-state index in [9.17, 15) is 0 Å². The number of hydrogen-bond donors (Lipinski definition) is 1. The van der Waals surface area contributed by atoms with Crippen molar-refractivity contribution in [1.82, 2.24) is 9.97 Å². The van der Waals surface area contributed by atoms with Crippen LogP contribution in [0.2, 0.25) is 0 Å². The third kappa shape index (κ3) is 3.99. The van der Waals surface area contributed by atoms with E-state index in [1.165, 1.54) is 11.1 Å². The molecule has 1 aliphatic heterocycles. The number of nitrogens with one attached hydrogen (secondary N) is 1. The van der Waals surface area contributed by atoms with Crippen LogP contribution in [0.15, 0.2) is 30.3 Å². The Morgan fingerprint density at radius 2 is 2.04 bits per heavy atom. The third-order valence-corrected chi connectivity index (χ3v) is 4.10. The fraction of sp³-hybridized carbons (Fsp3) is 0.444. The summed E-state index contributed by atoms with van der Waals surface area (Å²) in [6, 6.07) is 10.7. The van der Waals surface area contributed by atoms with Gasteiger partial charge in [0.1, 0.15) is 5.82 Å². The second-order valence-electron chi connectivity index (χ2n) is 5.90. The number of fused-ring (bicyclic) bond motifs is 1. The largest absolute Gasteiger partial charge is 0.385 e. The summed E-state index contributed by atoms with van der Waals surface area (Å²) in [5.74, 6) is 1.70. The van der Waals surface area contributed by atoms with E-state index in [2.05, 4.69) is 45.5 Å². The van der Waals surface area contributed by atoms with Crippen molar-refractivity contribution in [3.05, 3.63) is 47.2 Å². The molecule has 0 saturated heterocycles. The molecule has 0 spiro atoms. The van der Waals surface area contributed by atoms with Crippen LogP contribution in [0.5, 0.6) is 0 Å². The highest BCUT2D eigenvalue weighted by atomic mass is 16.5. The van der Waals surface area contributed by atoms with Crippen LogP contribution in [0, 0.1) is 6.92 Å². The first-order valence-corrected chi connectivity index (χ1v) is 8.16. The van der Waals surface area contributed by atoms with Crippen LogP contribution in [-0.4, -0.2) is 36.8 Å². The molecule has 0 atom stereocenters. The lowest BCUT2D eigenvalue weighted by atomic mass is 10.00. The molecule has 1 aliphatic rings. The maximum atomic E-state index is 5.07. The van der Waals surface area contributed by atoms with E-state index in [4.69, 9.17) is 9.72 Å². The minimum Gasteiger partial charge on any atom is -0.385 e. The van der Waals surface area contributed by atoms with E-state index < -0.39 is 0 Å². The normalized spacial score (nSPS) is 13.7. The molecule has 0 fully saturated rings. The Morgan fingerprint density at radius 3 is 2.87 bits per heavy atom. The monoisotopic (exact) mass is 312 g/mol. The predicted octanol–water partition coefficient (Wildman–Crippen LogP) is 2.80. The van der Waals surface area contributed by atoms with Crippen LogP contribution in [0.4, 0.5) is 11.8 Å². The van der Waals surface area contributed by atoms with E-state index in [0.29, 0.717) is 5.95 Å². The quantitative estimate of drug-likeness (QED) is 0.831. The summed E-state index contributed by atoms with van der Waals surface area (Å²) in [5, 5.41) is 3.29. The Morgan fingerprint density at radius 1 is 1.22 bits per heavy atom. The molecule has 2 aromatic rings. The molecule has 0 unspecified atom stereocenters. The van der Waals surface area contributed by atoms with Gasteiger partial charge in [0, 0.05) is 45.1 Å². The van der Waals surface area contributed by atoms with Gasteiger partial charge >= 0.3 is 0 Å². The molecule has 0 aliphatic carbocycles. The summed E-state index contributed by atoms with van der Waals surface area (Å²) >= 11 is 0.